The van der Waals surface area contributed by atoms with Crippen molar-refractivity contribution in [1.82, 2.24) is 4.90 Å². The maximum atomic E-state index is 11.4. The van der Waals surface area contributed by atoms with Gasteiger partial charge in [0.15, 0.2) is 0 Å². The molecule has 1 aliphatic rings. The van der Waals surface area contributed by atoms with Gasteiger partial charge in [-0.2, -0.15) is 0 Å². The van der Waals surface area contributed by atoms with Crippen LogP contribution in [0.15, 0.2) is 18.2 Å². The van der Waals surface area contributed by atoms with Gasteiger partial charge in [-0.25, -0.2) is 0 Å². The Hall–Kier alpha value is -0.770. The van der Waals surface area contributed by atoms with Crippen LogP contribution >= 0.6 is 23.2 Å². The van der Waals surface area contributed by atoms with E-state index in [0.29, 0.717) is 15.6 Å². The van der Waals surface area contributed by atoms with Gasteiger partial charge < -0.3 is 5.11 Å². The lowest BCUT2D eigenvalue weighted by molar-refractivity contribution is -0.143. The van der Waals surface area contributed by atoms with Crippen LogP contribution in [0.1, 0.15) is 24.4 Å². The molecule has 1 aromatic rings. The van der Waals surface area contributed by atoms with Gasteiger partial charge in [0, 0.05) is 10.0 Å². The van der Waals surface area contributed by atoms with E-state index in [1.807, 2.05) is 4.90 Å². The molecule has 1 unspecified atom stereocenters. The van der Waals surface area contributed by atoms with E-state index in [-0.39, 0.29) is 0 Å². The number of carboxylic acid groups (broad SMARTS) is 1. The minimum atomic E-state index is -0.856. The highest BCUT2D eigenvalue weighted by atomic mass is 35.5. The first-order valence-corrected chi connectivity index (χ1v) is 6.26. The van der Waals surface area contributed by atoms with Crippen molar-refractivity contribution in [2.24, 2.45) is 0 Å². The summed E-state index contributed by atoms with van der Waals surface area (Å²) in [5, 5.41) is 10.3. The molecule has 1 aromatic carbocycles. The molecule has 5 heteroatoms. The predicted octanol–water partition coefficient (Wildman–Crippen LogP) is 3.21. The first kappa shape index (κ1) is 12.7. The second-order valence-corrected chi connectivity index (χ2v) is 5.06. The molecule has 0 aromatic heterocycles. The number of aliphatic carboxylic acids is 1. The van der Waals surface area contributed by atoms with E-state index in [2.05, 4.69) is 0 Å². The second kappa shape index (κ2) is 5.25. The van der Waals surface area contributed by atoms with Gasteiger partial charge in [-0.05, 0) is 49.7 Å². The van der Waals surface area contributed by atoms with Crippen molar-refractivity contribution in [1.29, 1.82) is 0 Å². The van der Waals surface area contributed by atoms with Crippen LogP contribution in [-0.4, -0.2) is 29.1 Å². The van der Waals surface area contributed by atoms with Crippen molar-refractivity contribution in [3.8, 4) is 0 Å². The van der Waals surface area contributed by atoms with Gasteiger partial charge in [0.05, 0.1) is 0 Å². The molecule has 1 N–H and O–H groups in total. The largest absolute Gasteiger partial charge is 0.480 e. The molecular formula is C12H13Cl2NO2. The third-order valence-corrected chi connectivity index (χ3v) is 3.38. The Morgan fingerprint density at radius 3 is 2.18 bits per heavy atom. The third kappa shape index (κ3) is 2.92. The summed E-state index contributed by atoms with van der Waals surface area (Å²) in [4.78, 5) is 13.3. The average Bonchev–Trinajstić information content (AvgIpc) is 2.68. The molecule has 0 spiro atoms. The van der Waals surface area contributed by atoms with E-state index < -0.39 is 12.0 Å². The van der Waals surface area contributed by atoms with Gasteiger partial charge in [0.1, 0.15) is 6.04 Å². The first-order valence-electron chi connectivity index (χ1n) is 5.51. The minimum absolute atomic E-state index is 0.470. The van der Waals surface area contributed by atoms with Crippen molar-refractivity contribution in [3.63, 3.8) is 0 Å². The van der Waals surface area contributed by atoms with E-state index in [1.54, 1.807) is 18.2 Å². The van der Waals surface area contributed by atoms with Crippen molar-refractivity contribution in [2.75, 3.05) is 13.1 Å². The van der Waals surface area contributed by atoms with Crippen LogP contribution in [0.5, 0.6) is 0 Å². The number of halogens is 2. The van der Waals surface area contributed by atoms with Crippen molar-refractivity contribution in [2.45, 2.75) is 18.9 Å². The van der Waals surface area contributed by atoms with Crippen molar-refractivity contribution < 1.29 is 9.90 Å². The summed E-state index contributed by atoms with van der Waals surface area (Å²) in [5.74, 6) is -0.856. The maximum absolute atomic E-state index is 11.4. The first-order chi connectivity index (χ1) is 8.08. The number of nitrogens with zero attached hydrogens (tertiary/aromatic N) is 1. The molecule has 0 saturated carbocycles. The number of benzene rings is 1. The summed E-state index contributed by atoms with van der Waals surface area (Å²) in [5.41, 5.74) is 0.650. The van der Waals surface area contributed by atoms with Crippen LogP contribution in [0.2, 0.25) is 10.0 Å². The summed E-state index contributed by atoms with van der Waals surface area (Å²) >= 11 is 11.8. The molecule has 1 fully saturated rings. The number of carbonyl (C=O) groups is 1. The summed E-state index contributed by atoms with van der Waals surface area (Å²) in [6.45, 7) is 1.61. The number of carboxylic acids is 1. The Kier molecular flexibility index (Phi) is 3.92. The summed E-state index contributed by atoms with van der Waals surface area (Å²) in [6.07, 6.45) is 2.08. The molecule has 1 aliphatic heterocycles. The quantitative estimate of drug-likeness (QED) is 0.920. The minimum Gasteiger partial charge on any atom is -0.480 e. The highest BCUT2D eigenvalue weighted by Gasteiger charge is 2.29. The van der Waals surface area contributed by atoms with E-state index in [1.165, 1.54) is 0 Å². The van der Waals surface area contributed by atoms with E-state index in [4.69, 9.17) is 23.2 Å². The molecule has 0 bridgehead atoms. The Morgan fingerprint density at radius 2 is 1.71 bits per heavy atom. The standard InChI is InChI=1S/C12H13Cl2NO2/c13-9-5-8(6-10(14)7-9)11(12(16)17)15-3-1-2-4-15/h5-7,11H,1-4H2,(H,16,17). The normalized spacial score (nSPS) is 18.2. The van der Waals surface area contributed by atoms with E-state index >= 15 is 0 Å². The lowest BCUT2D eigenvalue weighted by atomic mass is 10.1. The number of hydrogen-bond acceptors (Lipinski definition) is 2. The predicted molar refractivity (Wildman–Crippen MR) is 67.6 cm³/mol. The van der Waals surface area contributed by atoms with Gasteiger partial charge >= 0.3 is 5.97 Å². The molecule has 0 radical (unpaired) electrons. The lowest BCUT2D eigenvalue weighted by Gasteiger charge is -2.24. The monoisotopic (exact) mass is 273 g/mol. The Bertz CT molecular complexity index is 410. The SMILES string of the molecule is O=C(O)C(c1cc(Cl)cc(Cl)c1)N1CCCC1. The zero-order chi connectivity index (χ0) is 12.4. The molecule has 1 saturated heterocycles. The second-order valence-electron chi connectivity index (χ2n) is 4.19. The van der Waals surface area contributed by atoms with Crippen LogP contribution < -0.4 is 0 Å². The van der Waals surface area contributed by atoms with Crippen molar-refractivity contribution >= 4 is 29.2 Å². The smallest absolute Gasteiger partial charge is 0.325 e. The Balaban J connectivity index is 2.34. The van der Waals surface area contributed by atoms with Crippen LogP contribution in [0, 0.1) is 0 Å². The molecule has 1 heterocycles. The van der Waals surface area contributed by atoms with Crippen LogP contribution in [0.25, 0.3) is 0 Å². The topological polar surface area (TPSA) is 40.5 Å². The molecule has 0 amide bonds. The van der Waals surface area contributed by atoms with E-state index in [0.717, 1.165) is 25.9 Å². The number of hydrogen-bond donors (Lipinski definition) is 1. The Labute approximate surface area is 110 Å². The molecule has 92 valence electrons. The van der Waals surface area contributed by atoms with Gasteiger partial charge in [0.25, 0.3) is 0 Å². The highest BCUT2D eigenvalue weighted by molar-refractivity contribution is 6.34. The van der Waals surface area contributed by atoms with Gasteiger partial charge in [0.2, 0.25) is 0 Å². The molecule has 2 rings (SSSR count). The number of rotatable bonds is 3. The Morgan fingerprint density at radius 1 is 1.18 bits per heavy atom. The lowest BCUT2D eigenvalue weighted by Crippen LogP contribution is -2.31. The number of likely N-dealkylation sites (tertiary alicyclic amines) is 1. The zero-order valence-electron chi connectivity index (χ0n) is 9.20. The summed E-state index contributed by atoms with van der Waals surface area (Å²) in [6, 6.07) is 4.30. The van der Waals surface area contributed by atoms with Gasteiger partial charge in [-0.15, -0.1) is 0 Å². The fourth-order valence-electron chi connectivity index (χ4n) is 2.24. The summed E-state index contributed by atoms with van der Waals surface area (Å²) < 4.78 is 0. The summed E-state index contributed by atoms with van der Waals surface area (Å²) in [7, 11) is 0. The average molecular weight is 274 g/mol. The van der Waals surface area contributed by atoms with Gasteiger partial charge in [-0.3, -0.25) is 9.69 Å². The fourth-order valence-corrected chi connectivity index (χ4v) is 2.79. The van der Waals surface area contributed by atoms with Crippen LogP contribution in [0.3, 0.4) is 0 Å². The fraction of sp³-hybridized carbons (Fsp3) is 0.417. The maximum Gasteiger partial charge on any atom is 0.325 e. The van der Waals surface area contributed by atoms with Crippen LogP contribution in [0.4, 0.5) is 0 Å². The van der Waals surface area contributed by atoms with Gasteiger partial charge in [-0.1, -0.05) is 23.2 Å². The highest BCUT2D eigenvalue weighted by Crippen LogP contribution is 2.29. The van der Waals surface area contributed by atoms with Crippen LogP contribution in [-0.2, 0) is 4.79 Å². The molecule has 3 nitrogen and oxygen atoms in total. The molecule has 17 heavy (non-hydrogen) atoms. The molecular weight excluding hydrogens is 261 g/mol. The van der Waals surface area contributed by atoms with E-state index in [9.17, 15) is 9.90 Å². The third-order valence-electron chi connectivity index (χ3n) is 2.94. The molecule has 1 atom stereocenters. The molecule has 0 aliphatic carbocycles. The van der Waals surface area contributed by atoms with Crippen molar-refractivity contribution in [3.05, 3.63) is 33.8 Å². The zero-order valence-corrected chi connectivity index (χ0v) is 10.7.